The van der Waals surface area contributed by atoms with E-state index in [2.05, 4.69) is 4.98 Å². The summed E-state index contributed by atoms with van der Waals surface area (Å²) in [5.41, 5.74) is 3.29. The molecule has 3 rings (SSSR count). The van der Waals surface area contributed by atoms with Crippen LogP contribution < -0.4 is 5.56 Å². The summed E-state index contributed by atoms with van der Waals surface area (Å²) in [7, 11) is 0. The third-order valence-electron chi connectivity index (χ3n) is 3.53. The summed E-state index contributed by atoms with van der Waals surface area (Å²) >= 11 is 0. The van der Waals surface area contributed by atoms with Crippen LogP contribution in [-0.2, 0) is 12.8 Å². The molecular weight excluding hydrogens is 240 g/mol. The molecule has 94 valence electrons. The fourth-order valence-electron chi connectivity index (χ4n) is 2.71. The van der Waals surface area contributed by atoms with Gasteiger partial charge in [0, 0.05) is 5.56 Å². The summed E-state index contributed by atoms with van der Waals surface area (Å²) in [6.07, 6.45) is 2.58. The number of benzene rings is 1. The maximum Gasteiger partial charge on any atom is 0.266 e. The van der Waals surface area contributed by atoms with Gasteiger partial charge in [0.15, 0.2) is 0 Å². The van der Waals surface area contributed by atoms with Crippen LogP contribution in [0.3, 0.4) is 0 Å². The number of hydrogen-bond donors (Lipinski definition) is 2. The molecule has 0 amide bonds. The molecule has 19 heavy (non-hydrogen) atoms. The van der Waals surface area contributed by atoms with E-state index in [1.54, 1.807) is 18.2 Å². The molecule has 0 aliphatic heterocycles. The van der Waals surface area contributed by atoms with E-state index < -0.39 is 0 Å². The Kier molecular flexibility index (Phi) is 2.60. The minimum absolute atomic E-state index is 0.162. The van der Waals surface area contributed by atoms with Crippen molar-refractivity contribution in [3.05, 3.63) is 51.3 Å². The van der Waals surface area contributed by atoms with Crippen molar-refractivity contribution in [1.82, 2.24) is 4.98 Å². The number of pyridine rings is 1. The van der Waals surface area contributed by atoms with Crippen molar-refractivity contribution in [2.24, 2.45) is 0 Å². The second kappa shape index (κ2) is 4.29. The lowest BCUT2D eigenvalue weighted by Gasteiger charge is -2.10. The maximum atomic E-state index is 11.9. The number of nitrogens with one attached hydrogen (secondary N) is 1. The molecule has 0 bridgehead atoms. The molecule has 0 fully saturated rings. The van der Waals surface area contributed by atoms with Crippen LogP contribution in [0, 0.1) is 11.3 Å². The fourth-order valence-corrected chi connectivity index (χ4v) is 2.71. The predicted molar refractivity (Wildman–Crippen MR) is 70.9 cm³/mol. The van der Waals surface area contributed by atoms with Gasteiger partial charge in [-0.05, 0) is 42.5 Å². The second-order valence-corrected chi connectivity index (χ2v) is 4.68. The highest BCUT2D eigenvalue weighted by atomic mass is 16.3. The fraction of sp³-hybridized carbons (Fsp3) is 0.200. The Bertz CT molecular complexity index is 754. The number of phenolic OH excluding ortho intramolecular Hbond substituents is 1. The van der Waals surface area contributed by atoms with Crippen molar-refractivity contribution in [3.8, 4) is 23.1 Å². The third kappa shape index (κ3) is 1.80. The molecule has 2 N–H and O–H groups in total. The topological polar surface area (TPSA) is 76.9 Å². The van der Waals surface area contributed by atoms with E-state index in [-0.39, 0.29) is 16.9 Å². The van der Waals surface area contributed by atoms with Gasteiger partial charge in [-0.2, -0.15) is 5.26 Å². The lowest BCUT2D eigenvalue weighted by Crippen LogP contribution is -2.15. The minimum Gasteiger partial charge on any atom is -0.508 e. The van der Waals surface area contributed by atoms with Crippen molar-refractivity contribution < 1.29 is 5.11 Å². The number of aromatic nitrogens is 1. The number of fused-ring (bicyclic) bond motifs is 1. The molecule has 0 atom stereocenters. The molecule has 1 aliphatic carbocycles. The molecule has 2 aromatic rings. The van der Waals surface area contributed by atoms with E-state index in [9.17, 15) is 9.90 Å². The molecule has 0 radical (unpaired) electrons. The van der Waals surface area contributed by atoms with Crippen molar-refractivity contribution >= 4 is 0 Å². The van der Waals surface area contributed by atoms with E-state index in [1.165, 1.54) is 0 Å². The van der Waals surface area contributed by atoms with Crippen LogP contribution in [0.2, 0.25) is 0 Å². The van der Waals surface area contributed by atoms with Crippen LogP contribution in [-0.4, -0.2) is 10.1 Å². The molecule has 4 nitrogen and oxygen atoms in total. The predicted octanol–water partition coefficient (Wildman–Crippen LogP) is 2.11. The third-order valence-corrected chi connectivity index (χ3v) is 3.53. The number of aromatic amines is 1. The smallest absolute Gasteiger partial charge is 0.266 e. The average Bonchev–Trinajstić information content (AvgIpc) is 2.87. The van der Waals surface area contributed by atoms with Crippen LogP contribution in [0.15, 0.2) is 29.1 Å². The van der Waals surface area contributed by atoms with Crippen LogP contribution in [0.25, 0.3) is 11.3 Å². The van der Waals surface area contributed by atoms with Crippen molar-refractivity contribution in [2.45, 2.75) is 19.3 Å². The van der Waals surface area contributed by atoms with Gasteiger partial charge in [-0.15, -0.1) is 0 Å². The standard InChI is InChI=1S/C15H12N2O2/c16-8-13-11-5-2-6-12(11)14(17-15(13)19)9-3-1-4-10(18)7-9/h1,3-4,7,18H,2,5-6H2,(H,17,19). The first-order chi connectivity index (χ1) is 9.20. The number of nitriles is 1. The first-order valence-electron chi connectivity index (χ1n) is 6.18. The number of rotatable bonds is 1. The van der Waals surface area contributed by atoms with Crippen molar-refractivity contribution in [2.75, 3.05) is 0 Å². The normalized spacial score (nSPS) is 13.0. The number of aromatic hydroxyl groups is 1. The summed E-state index contributed by atoms with van der Waals surface area (Å²) in [6.45, 7) is 0. The zero-order valence-corrected chi connectivity index (χ0v) is 10.2. The van der Waals surface area contributed by atoms with Crippen LogP contribution in [0.1, 0.15) is 23.1 Å². The van der Waals surface area contributed by atoms with E-state index >= 15 is 0 Å². The quantitative estimate of drug-likeness (QED) is 0.816. The number of H-pyrrole nitrogens is 1. The van der Waals surface area contributed by atoms with Gasteiger partial charge < -0.3 is 10.1 Å². The Balaban J connectivity index is 2.30. The van der Waals surface area contributed by atoms with E-state index in [1.807, 2.05) is 12.1 Å². The molecule has 0 saturated heterocycles. The summed E-state index contributed by atoms with van der Waals surface area (Å²) < 4.78 is 0. The van der Waals surface area contributed by atoms with Crippen LogP contribution in [0.4, 0.5) is 0 Å². The van der Waals surface area contributed by atoms with Crippen LogP contribution in [0.5, 0.6) is 5.75 Å². The van der Waals surface area contributed by atoms with Gasteiger partial charge in [0.2, 0.25) is 0 Å². The lowest BCUT2D eigenvalue weighted by molar-refractivity contribution is 0.475. The first kappa shape index (κ1) is 11.5. The molecule has 4 heteroatoms. The number of nitrogens with zero attached hydrogens (tertiary/aromatic N) is 1. The Morgan fingerprint density at radius 3 is 2.79 bits per heavy atom. The summed E-state index contributed by atoms with van der Waals surface area (Å²) in [6, 6.07) is 8.78. The zero-order chi connectivity index (χ0) is 13.4. The highest BCUT2D eigenvalue weighted by molar-refractivity contribution is 5.68. The Labute approximate surface area is 110 Å². The summed E-state index contributed by atoms with van der Waals surface area (Å²) in [5.74, 6) is 0.162. The van der Waals surface area contributed by atoms with Crippen molar-refractivity contribution in [3.63, 3.8) is 0 Å². The van der Waals surface area contributed by atoms with Crippen molar-refractivity contribution in [1.29, 1.82) is 5.26 Å². The largest absolute Gasteiger partial charge is 0.508 e. The Morgan fingerprint density at radius 1 is 1.26 bits per heavy atom. The number of phenols is 1. The summed E-state index contributed by atoms with van der Waals surface area (Å²) in [5, 5.41) is 18.6. The first-order valence-corrected chi connectivity index (χ1v) is 6.18. The van der Waals surface area contributed by atoms with Gasteiger partial charge in [0.25, 0.3) is 5.56 Å². The van der Waals surface area contributed by atoms with Gasteiger partial charge in [-0.3, -0.25) is 4.79 Å². The second-order valence-electron chi connectivity index (χ2n) is 4.68. The summed E-state index contributed by atoms with van der Waals surface area (Å²) in [4.78, 5) is 14.7. The van der Waals surface area contributed by atoms with E-state index in [4.69, 9.17) is 5.26 Å². The zero-order valence-electron chi connectivity index (χ0n) is 10.2. The molecule has 0 saturated carbocycles. The SMILES string of the molecule is N#Cc1c2c(c(-c3cccc(O)c3)[nH]c1=O)CCC2. The van der Waals surface area contributed by atoms with Crippen LogP contribution >= 0.6 is 0 Å². The van der Waals surface area contributed by atoms with Gasteiger partial charge in [0.1, 0.15) is 17.4 Å². The molecule has 1 aromatic carbocycles. The molecule has 0 unspecified atom stereocenters. The van der Waals surface area contributed by atoms with Gasteiger partial charge in [-0.1, -0.05) is 12.1 Å². The Morgan fingerprint density at radius 2 is 2.05 bits per heavy atom. The maximum absolute atomic E-state index is 11.9. The molecule has 1 aromatic heterocycles. The van der Waals surface area contributed by atoms with Gasteiger partial charge in [-0.25, -0.2) is 0 Å². The molecular formula is C15H12N2O2. The minimum atomic E-state index is -0.346. The molecule has 0 spiro atoms. The highest BCUT2D eigenvalue weighted by Crippen LogP contribution is 2.32. The van der Waals surface area contributed by atoms with Gasteiger partial charge >= 0.3 is 0 Å². The average molecular weight is 252 g/mol. The number of hydrogen-bond acceptors (Lipinski definition) is 3. The van der Waals surface area contributed by atoms with E-state index in [0.29, 0.717) is 0 Å². The molecule has 1 aliphatic rings. The monoisotopic (exact) mass is 252 g/mol. The van der Waals surface area contributed by atoms with Gasteiger partial charge in [0.05, 0.1) is 5.69 Å². The van der Waals surface area contributed by atoms with E-state index in [0.717, 1.165) is 41.6 Å². The highest BCUT2D eigenvalue weighted by Gasteiger charge is 2.22. The Hall–Kier alpha value is -2.54. The molecule has 1 heterocycles. The lowest BCUT2D eigenvalue weighted by atomic mass is 10.00.